The smallest absolute Gasteiger partial charge is 0.0398 e. The van der Waals surface area contributed by atoms with Crippen molar-refractivity contribution in [1.29, 1.82) is 0 Å². The largest absolute Gasteiger partial charge is 0.0683 e. The first-order valence-electron chi connectivity index (χ1n) is 5.41. The van der Waals surface area contributed by atoms with Gasteiger partial charge in [0.15, 0.2) is 0 Å². The first kappa shape index (κ1) is 18.1. The van der Waals surface area contributed by atoms with Crippen LogP contribution in [0.15, 0.2) is 30.3 Å². The molecular weight excluding hydrogens is 156 g/mol. The standard InChI is InChI=1S/C7H8.3C2H6/c1-7-5-3-2-4-6-7;3*1-2/h2-6H,1H3;3*1-2H3. The number of benzene rings is 1. The summed E-state index contributed by atoms with van der Waals surface area (Å²) in [4.78, 5) is 0. The van der Waals surface area contributed by atoms with Crippen molar-refractivity contribution in [2.24, 2.45) is 0 Å². The minimum atomic E-state index is 1.32. The summed E-state index contributed by atoms with van der Waals surface area (Å²) in [5, 5.41) is 0. The third-order valence-electron chi connectivity index (χ3n) is 0.940. The van der Waals surface area contributed by atoms with Crippen LogP contribution in [0.1, 0.15) is 47.1 Å². The lowest BCUT2D eigenvalue weighted by molar-refractivity contribution is 1.48. The Hall–Kier alpha value is -0.780. The van der Waals surface area contributed by atoms with E-state index in [1.54, 1.807) is 0 Å². The van der Waals surface area contributed by atoms with E-state index in [9.17, 15) is 0 Å². The Morgan fingerprint density at radius 1 is 0.615 bits per heavy atom. The summed E-state index contributed by atoms with van der Waals surface area (Å²) in [6, 6.07) is 10.3. The topological polar surface area (TPSA) is 0 Å². The molecular formula is C13H26. The van der Waals surface area contributed by atoms with Crippen LogP contribution < -0.4 is 0 Å². The highest BCUT2D eigenvalue weighted by Crippen LogP contribution is 1.92. The van der Waals surface area contributed by atoms with Crippen molar-refractivity contribution in [1.82, 2.24) is 0 Å². The zero-order valence-corrected chi connectivity index (χ0v) is 10.4. The molecule has 0 unspecified atom stereocenters. The van der Waals surface area contributed by atoms with Gasteiger partial charge in [-0.25, -0.2) is 0 Å². The lowest BCUT2D eigenvalue weighted by Crippen LogP contribution is -1.62. The van der Waals surface area contributed by atoms with E-state index in [1.807, 2.05) is 59.7 Å². The van der Waals surface area contributed by atoms with Crippen LogP contribution in [0.2, 0.25) is 0 Å². The van der Waals surface area contributed by atoms with E-state index < -0.39 is 0 Å². The fourth-order valence-corrected chi connectivity index (χ4v) is 0.534. The van der Waals surface area contributed by atoms with E-state index in [0.29, 0.717) is 0 Å². The molecule has 0 spiro atoms. The van der Waals surface area contributed by atoms with Gasteiger partial charge in [-0.3, -0.25) is 0 Å². The van der Waals surface area contributed by atoms with E-state index in [-0.39, 0.29) is 0 Å². The molecule has 0 fully saturated rings. The number of rotatable bonds is 0. The van der Waals surface area contributed by atoms with E-state index in [4.69, 9.17) is 0 Å². The fraction of sp³-hybridized carbons (Fsp3) is 0.538. The summed E-state index contributed by atoms with van der Waals surface area (Å²) < 4.78 is 0. The summed E-state index contributed by atoms with van der Waals surface area (Å²) in [6.07, 6.45) is 0. The Bertz CT molecular complexity index is 130. The fourth-order valence-electron chi connectivity index (χ4n) is 0.534. The van der Waals surface area contributed by atoms with Crippen molar-refractivity contribution < 1.29 is 0 Å². The van der Waals surface area contributed by atoms with Crippen molar-refractivity contribution in [3.63, 3.8) is 0 Å². The third-order valence-corrected chi connectivity index (χ3v) is 0.940. The van der Waals surface area contributed by atoms with Crippen LogP contribution in [0.5, 0.6) is 0 Å². The van der Waals surface area contributed by atoms with Crippen LogP contribution in [-0.4, -0.2) is 0 Å². The Labute approximate surface area is 85.0 Å². The van der Waals surface area contributed by atoms with Crippen LogP contribution in [0.25, 0.3) is 0 Å². The van der Waals surface area contributed by atoms with Gasteiger partial charge in [0, 0.05) is 0 Å². The van der Waals surface area contributed by atoms with E-state index in [0.717, 1.165) is 0 Å². The average Bonchev–Trinajstić information content (AvgIpc) is 2.28. The van der Waals surface area contributed by atoms with Crippen LogP contribution in [0.4, 0.5) is 0 Å². The molecule has 1 rings (SSSR count). The second-order valence-electron chi connectivity index (χ2n) is 1.65. The summed E-state index contributed by atoms with van der Waals surface area (Å²) in [6.45, 7) is 14.1. The maximum atomic E-state index is 2.08. The molecule has 0 aliphatic heterocycles. The van der Waals surface area contributed by atoms with Gasteiger partial charge in [0.1, 0.15) is 0 Å². The second-order valence-corrected chi connectivity index (χ2v) is 1.65. The van der Waals surface area contributed by atoms with Gasteiger partial charge in [0.25, 0.3) is 0 Å². The SMILES string of the molecule is CC.CC.CC.Cc1ccccc1. The second kappa shape index (κ2) is 22.5. The van der Waals surface area contributed by atoms with Gasteiger partial charge in [-0.1, -0.05) is 77.4 Å². The molecule has 0 heteroatoms. The van der Waals surface area contributed by atoms with E-state index in [1.165, 1.54) is 5.56 Å². The third kappa shape index (κ3) is 18.3. The van der Waals surface area contributed by atoms with Crippen molar-refractivity contribution in [2.45, 2.75) is 48.5 Å². The first-order valence-corrected chi connectivity index (χ1v) is 5.41. The molecule has 0 atom stereocenters. The molecule has 1 aromatic rings. The molecule has 0 saturated heterocycles. The molecule has 0 aliphatic rings. The molecule has 0 aliphatic carbocycles. The van der Waals surface area contributed by atoms with Crippen molar-refractivity contribution in [3.05, 3.63) is 35.9 Å². The highest BCUT2D eigenvalue weighted by atomic mass is 13.8. The molecule has 13 heavy (non-hydrogen) atoms. The molecule has 0 amide bonds. The Balaban J connectivity index is -0.000000144. The highest BCUT2D eigenvalue weighted by molar-refractivity contribution is 5.11. The number of hydrogen-bond acceptors (Lipinski definition) is 0. The molecule has 1 aromatic carbocycles. The Morgan fingerprint density at radius 2 is 0.923 bits per heavy atom. The molecule has 0 nitrogen and oxygen atoms in total. The van der Waals surface area contributed by atoms with Gasteiger partial charge >= 0.3 is 0 Å². The Kier molecular flexibility index (Phi) is 31.3. The van der Waals surface area contributed by atoms with Gasteiger partial charge in [-0.15, -0.1) is 0 Å². The lowest BCUT2D eigenvalue weighted by atomic mass is 10.2. The molecule has 0 heterocycles. The maximum absolute atomic E-state index is 2.08. The minimum absolute atomic E-state index is 1.32. The van der Waals surface area contributed by atoms with Crippen molar-refractivity contribution in [3.8, 4) is 0 Å². The summed E-state index contributed by atoms with van der Waals surface area (Å²) >= 11 is 0. The predicted octanol–water partition coefficient (Wildman–Crippen LogP) is 5.07. The quantitative estimate of drug-likeness (QED) is 0.525. The Morgan fingerprint density at radius 3 is 1.08 bits per heavy atom. The van der Waals surface area contributed by atoms with Crippen LogP contribution >= 0.6 is 0 Å². The van der Waals surface area contributed by atoms with Crippen LogP contribution in [-0.2, 0) is 0 Å². The first-order chi connectivity index (χ1) is 6.39. The van der Waals surface area contributed by atoms with E-state index >= 15 is 0 Å². The zero-order valence-electron chi connectivity index (χ0n) is 10.4. The molecule has 0 saturated carbocycles. The lowest BCUT2D eigenvalue weighted by Gasteiger charge is -1.82. The number of aryl methyl sites for hydroxylation is 1. The van der Waals surface area contributed by atoms with Gasteiger partial charge < -0.3 is 0 Å². The highest BCUT2D eigenvalue weighted by Gasteiger charge is 1.72. The number of hydrogen-bond donors (Lipinski definition) is 0. The predicted molar refractivity (Wildman–Crippen MR) is 65.2 cm³/mol. The average molecular weight is 182 g/mol. The zero-order chi connectivity index (χ0) is 11.1. The molecule has 0 aromatic heterocycles. The van der Waals surface area contributed by atoms with Crippen LogP contribution in [0, 0.1) is 6.92 Å². The van der Waals surface area contributed by atoms with Gasteiger partial charge in [-0.2, -0.15) is 0 Å². The molecule has 0 bridgehead atoms. The summed E-state index contributed by atoms with van der Waals surface area (Å²) in [5.74, 6) is 0. The maximum Gasteiger partial charge on any atom is -0.0398 e. The van der Waals surface area contributed by atoms with Gasteiger partial charge in [-0.05, 0) is 6.92 Å². The van der Waals surface area contributed by atoms with E-state index in [2.05, 4.69) is 19.1 Å². The van der Waals surface area contributed by atoms with Crippen molar-refractivity contribution in [2.75, 3.05) is 0 Å². The van der Waals surface area contributed by atoms with Crippen molar-refractivity contribution >= 4 is 0 Å². The normalized spacial score (nSPS) is 6.08. The van der Waals surface area contributed by atoms with Gasteiger partial charge in [0.2, 0.25) is 0 Å². The molecule has 0 radical (unpaired) electrons. The van der Waals surface area contributed by atoms with Gasteiger partial charge in [0.05, 0.1) is 0 Å². The molecule has 0 N–H and O–H groups in total. The molecule has 78 valence electrons. The monoisotopic (exact) mass is 182 g/mol. The van der Waals surface area contributed by atoms with Crippen LogP contribution in [0.3, 0.4) is 0 Å². The summed E-state index contributed by atoms with van der Waals surface area (Å²) in [7, 11) is 0. The summed E-state index contributed by atoms with van der Waals surface area (Å²) in [5.41, 5.74) is 1.32. The minimum Gasteiger partial charge on any atom is -0.0683 e.